The molecule has 1 saturated heterocycles. The van der Waals surface area contributed by atoms with Gasteiger partial charge in [-0.3, -0.25) is 0 Å². The van der Waals surface area contributed by atoms with Crippen LogP contribution >= 0.6 is 15.9 Å². The van der Waals surface area contributed by atoms with E-state index in [1.54, 1.807) is 12.1 Å². The second-order valence-corrected chi connectivity index (χ2v) is 9.82. The van der Waals surface area contributed by atoms with Gasteiger partial charge in [0.1, 0.15) is 0 Å². The maximum absolute atomic E-state index is 13.0. The van der Waals surface area contributed by atoms with E-state index in [2.05, 4.69) is 26.1 Å². The molecule has 158 valence electrons. The molecule has 2 N–H and O–H groups in total. The molecule has 1 heterocycles. The summed E-state index contributed by atoms with van der Waals surface area (Å²) in [5.41, 5.74) is 2.22. The molecule has 0 aromatic heterocycles. The smallest absolute Gasteiger partial charge is 0.243 e. The van der Waals surface area contributed by atoms with Gasteiger partial charge in [-0.1, -0.05) is 48.0 Å². The molecule has 1 aliphatic heterocycles. The molecule has 1 aliphatic rings. The van der Waals surface area contributed by atoms with E-state index in [9.17, 15) is 13.5 Å². The van der Waals surface area contributed by atoms with Crippen molar-refractivity contribution in [2.45, 2.75) is 37.8 Å². The van der Waals surface area contributed by atoms with Gasteiger partial charge >= 0.3 is 0 Å². The van der Waals surface area contributed by atoms with Crippen molar-refractivity contribution in [3.8, 4) is 0 Å². The van der Waals surface area contributed by atoms with Crippen LogP contribution in [-0.2, 0) is 10.0 Å². The van der Waals surface area contributed by atoms with Gasteiger partial charge < -0.3 is 15.3 Å². The molecule has 2 aromatic carbocycles. The molecular formula is C21H28BrN3O3S. The number of nitrogens with one attached hydrogen (secondary N) is 1. The lowest BCUT2D eigenvalue weighted by molar-refractivity contribution is 0.207. The highest BCUT2D eigenvalue weighted by molar-refractivity contribution is 9.10. The minimum absolute atomic E-state index is 0.228. The summed E-state index contributed by atoms with van der Waals surface area (Å²) < 4.78 is 28.2. The van der Waals surface area contributed by atoms with Gasteiger partial charge in [-0.2, -0.15) is 4.31 Å². The summed E-state index contributed by atoms with van der Waals surface area (Å²) in [6.45, 7) is 6.32. The Morgan fingerprint density at radius 2 is 1.79 bits per heavy atom. The first kappa shape index (κ1) is 22.1. The van der Waals surface area contributed by atoms with Gasteiger partial charge in [-0.05, 0) is 37.1 Å². The Kier molecular flexibility index (Phi) is 7.21. The van der Waals surface area contributed by atoms with Crippen LogP contribution in [-0.4, -0.2) is 44.0 Å². The molecule has 6 nitrogen and oxygen atoms in total. The molecule has 1 unspecified atom stereocenters. The van der Waals surface area contributed by atoms with Crippen LogP contribution < -0.4 is 10.2 Å². The quantitative estimate of drug-likeness (QED) is 0.553. The van der Waals surface area contributed by atoms with Crippen molar-refractivity contribution < 1.29 is 13.5 Å². The first-order valence-corrected chi connectivity index (χ1v) is 12.2. The molecule has 1 fully saturated rings. The number of benzene rings is 2. The first-order valence-electron chi connectivity index (χ1n) is 9.96. The second kappa shape index (κ2) is 9.47. The lowest BCUT2D eigenvalue weighted by Gasteiger charge is -2.26. The molecule has 0 aliphatic carbocycles. The lowest BCUT2D eigenvalue weighted by Crippen LogP contribution is -2.30. The average molecular weight is 482 g/mol. The third-order valence-corrected chi connectivity index (χ3v) is 8.02. The monoisotopic (exact) mass is 481 g/mol. The molecule has 0 radical (unpaired) electrons. The zero-order valence-electron chi connectivity index (χ0n) is 16.8. The molecule has 0 amide bonds. The normalized spacial score (nSPS) is 15.7. The van der Waals surface area contributed by atoms with Crippen molar-refractivity contribution in [2.24, 2.45) is 0 Å². The van der Waals surface area contributed by atoms with E-state index in [-0.39, 0.29) is 4.90 Å². The van der Waals surface area contributed by atoms with E-state index in [1.165, 1.54) is 4.31 Å². The summed E-state index contributed by atoms with van der Waals surface area (Å²) in [5, 5.41) is 13.9. The van der Waals surface area contributed by atoms with Gasteiger partial charge in [0.05, 0.1) is 16.3 Å². The van der Waals surface area contributed by atoms with Crippen molar-refractivity contribution in [1.82, 2.24) is 4.31 Å². The Morgan fingerprint density at radius 3 is 2.41 bits per heavy atom. The minimum Gasteiger partial charge on any atom is -0.370 e. The number of aliphatic hydroxyl groups is 1. The van der Waals surface area contributed by atoms with Crippen molar-refractivity contribution in [3.05, 3.63) is 52.5 Å². The van der Waals surface area contributed by atoms with Gasteiger partial charge in [0.25, 0.3) is 0 Å². The van der Waals surface area contributed by atoms with Crippen LogP contribution in [0.5, 0.6) is 0 Å². The Balaban J connectivity index is 2.01. The van der Waals surface area contributed by atoms with E-state index in [0.717, 1.165) is 36.1 Å². The van der Waals surface area contributed by atoms with Crippen molar-refractivity contribution >= 4 is 37.3 Å². The Morgan fingerprint density at radius 1 is 1.14 bits per heavy atom. The molecule has 0 saturated carbocycles. The summed E-state index contributed by atoms with van der Waals surface area (Å²) in [6, 6.07) is 12.6. The van der Waals surface area contributed by atoms with Gasteiger partial charge in [-0.15, -0.1) is 0 Å². The standard InChI is InChI=1S/C21H28BrN3O3S/c1-3-25(4-2)29(27,28)16-11-12-20(24-13-7-8-14-24)19(15-16)23-21(26)17-9-5-6-10-18(17)22/h5-6,9-12,15,21,23,26H,3-4,7-8,13-14H2,1-2H3. The SMILES string of the molecule is CCN(CC)S(=O)(=O)c1ccc(N2CCCC2)c(NC(O)c2ccccc2Br)c1. The lowest BCUT2D eigenvalue weighted by atomic mass is 10.1. The van der Waals surface area contributed by atoms with Crippen LogP contribution in [0.3, 0.4) is 0 Å². The molecule has 8 heteroatoms. The summed E-state index contributed by atoms with van der Waals surface area (Å²) >= 11 is 3.47. The average Bonchev–Trinajstić information content (AvgIpc) is 3.23. The van der Waals surface area contributed by atoms with Crippen molar-refractivity contribution in [3.63, 3.8) is 0 Å². The van der Waals surface area contributed by atoms with E-state index >= 15 is 0 Å². The first-order chi connectivity index (χ1) is 13.9. The predicted octanol–water partition coefficient (Wildman–Crippen LogP) is 4.18. The fraction of sp³-hybridized carbons (Fsp3) is 0.429. The van der Waals surface area contributed by atoms with Crippen LogP contribution in [0.1, 0.15) is 38.5 Å². The number of sulfonamides is 1. The maximum Gasteiger partial charge on any atom is 0.243 e. The molecule has 1 atom stereocenters. The summed E-state index contributed by atoms with van der Waals surface area (Å²) in [6.07, 6.45) is 1.23. The number of nitrogens with zero attached hydrogens (tertiary/aromatic N) is 2. The number of hydrogen-bond acceptors (Lipinski definition) is 5. The molecule has 2 aromatic rings. The number of rotatable bonds is 8. The number of aliphatic hydroxyl groups excluding tert-OH is 1. The number of anilines is 2. The van der Waals surface area contributed by atoms with E-state index in [1.807, 2.05) is 44.2 Å². The van der Waals surface area contributed by atoms with E-state index in [0.29, 0.717) is 24.3 Å². The largest absolute Gasteiger partial charge is 0.370 e. The van der Waals surface area contributed by atoms with Gasteiger partial charge in [0.2, 0.25) is 10.0 Å². The summed E-state index contributed by atoms with van der Waals surface area (Å²) in [5.74, 6) is 0. The van der Waals surface area contributed by atoms with Crippen LogP contribution in [0.25, 0.3) is 0 Å². The molecule has 3 rings (SSSR count). The zero-order chi connectivity index (χ0) is 21.0. The van der Waals surface area contributed by atoms with Crippen molar-refractivity contribution in [1.29, 1.82) is 0 Å². The highest BCUT2D eigenvalue weighted by atomic mass is 79.9. The zero-order valence-corrected chi connectivity index (χ0v) is 19.2. The van der Waals surface area contributed by atoms with Crippen molar-refractivity contribution in [2.75, 3.05) is 36.4 Å². The van der Waals surface area contributed by atoms with E-state index in [4.69, 9.17) is 0 Å². The van der Waals surface area contributed by atoms with Crippen LogP contribution in [0.4, 0.5) is 11.4 Å². The highest BCUT2D eigenvalue weighted by Gasteiger charge is 2.25. The minimum atomic E-state index is -3.59. The van der Waals surface area contributed by atoms with E-state index < -0.39 is 16.3 Å². The van der Waals surface area contributed by atoms with Crippen LogP contribution in [0, 0.1) is 0 Å². The Labute approximate surface area is 181 Å². The Bertz CT molecular complexity index is 942. The fourth-order valence-corrected chi connectivity index (χ4v) is 5.65. The molecule has 29 heavy (non-hydrogen) atoms. The molecule has 0 bridgehead atoms. The number of hydrogen-bond donors (Lipinski definition) is 2. The fourth-order valence-electron chi connectivity index (χ4n) is 3.66. The van der Waals surface area contributed by atoms with Gasteiger partial charge in [0, 0.05) is 36.2 Å². The summed E-state index contributed by atoms with van der Waals surface area (Å²) in [4.78, 5) is 2.45. The second-order valence-electron chi connectivity index (χ2n) is 7.03. The highest BCUT2D eigenvalue weighted by Crippen LogP contribution is 2.35. The molecular weight excluding hydrogens is 454 g/mol. The number of halogens is 1. The summed E-state index contributed by atoms with van der Waals surface area (Å²) in [7, 11) is -3.59. The third kappa shape index (κ3) is 4.77. The third-order valence-electron chi connectivity index (χ3n) is 5.25. The molecule has 0 spiro atoms. The van der Waals surface area contributed by atoms with Gasteiger partial charge in [-0.25, -0.2) is 8.42 Å². The topological polar surface area (TPSA) is 72.9 Å². The maximum atomic E-state index is 13.0. The predicted molar refractivity (Wildman–Crippen MR) is 121 cm³/mol. The van der Waals surface area contributed by atoms with Crippen LogP contribution in [0.2, 0.25) is 0 Å². The Hall–Kier alpha value is -1.61. The van der Waals surface area contributed by atoms with Gasteiger partial charge in [0.15, 0.2) is 6.23 Å². The van der Waals surface area contributed by atoms with Crippen LogP contribution in [0.15, 0.2) is 51.8 Å².